The van der Waals surface area contributed by atoms with E-state index in [1.54, 1.807) is 6.92 Å². The third-order valence-electron chi connectivity index (χ3n) is 2.78. The molecule has 0 spiro atoms. The molecule has 2 heterocycles. The predicted molar refractivity (Wildman–Crippen MR) is 66.0 cm³/mol. The van der Waals surface area contributed by atoms with E-state index < -0.39 is 0 Å². The van der Waals surface area contributed by atoms with Crippen LogP contribution < -0.4 is 5.32 Å². The second-order valence-corrected chi connectivity index (χ2v) is 4.12. The molecular weight excluding hydrogens is 232 g/mol. The zero-order valence-electron chi connectivity index (χ0n) is 10.6. The quantitative estimate of drug-likeness (QED) is 0.816. The van der Waals surface area contributed by atoms with Crippen LogP contribution in [-0.2, 0) is 9.53 Å². The molecule has 1 N–H and O–H groups in total. The van der Waals surface area contributed by atoms with Crippen molar-refractivity contribution in [1.29, 1.82) is 0 Å². The summed E-state index contributed by atoms with van der Waals surface area (Å²) in [5.41, 5.74) is 0.784. The van der Waals surface area contributed by atoms with Crippen LogP contribution in [0.1, 0.15) is 25.7 Å². The number of carbonyl (C=O) groups excluding carboxylic acids is 1. The molecule has 0 aliphatic carbocycles. The second kappa shape index (κ2) is 5.14. The Bertz CT molecular complexity index is 552. The minimum absolute atomic E-state index is 0.100. The highest BCUT2D eigenvalue weighted by Crippen LogP contribution is 2.12. The van der Waals surface area contributed by atoms with Gasteiger partial charge in [0.1, 0.15) is 6.04 Å². The number of carbonyl (C=O) groups is 1. The molecule has 2 unspecified atom stereocenters. The first-order valence-electron chi connectivity index (χ1n) is 5.77. The van der Waals surface area contributed by atoms with Crippen LogP contribution >= 0.6 is 0 Å². The molecule has 0 bridgehead atoms. The molecule has 0 amide bonds. The maximum Gasteiger partial charge on any atom is 0.322 e. The first-order valence-corrected chi connectivity index (χ1v) is 5.77. The minimum atomic E-state index is -0.388. The fourth-order valence-corrected chi connectivity index (χ4v) is 1.85. The number of fused-ring (bicyclic) bond motifs is 1. The fourth-order valence-electron chi connectivity index (χ4n) is 1.85. The van der Waals surface area contributed by atoms with Crippen molar-refractivity contribution in [3.05, 3.63) is 30.2 Å². The van der Waals surface area contributed by atoms with Gasteiger partial charge in [-0.3, -0.25) is 14.5 Å². The highest BCUT2D eigenvalue weighted by molar-refractivity contribution is 5.75. The van der Waals surface area contributed by atoms with E-state index in [1.807, 2.05) is 35.7 Å². The number of pyridine rings is 1. The molecule has 6 heteroatoms. The Morgan fingerprint density at radius 3 is 2.89 bits per heavy atom. The zero-order chi connectivity index (χ0) is 13.1. The molecule has 0 fully saturated rings. The van der Waals surface area contributed by atoms with Crippen LogP contribution in [0, 0.1) is 0 Å². The van der Waals surface area contributed by atoms with Gasteiger partial charge in [-0.1, -0.05) is 6.07 Å². The number of methoxy groups -OCH3 is 1. The maximum absolute atomic E-state index is 11.4. The van der Waals surface area contributed by atoms with Gasteiger partial charge < -0.3 is 4.74 Å². The number of esters is 1. The Labute approximate surface area is 105 Å². The van der Waals surface area contributed by atoms with E-state index in [-0.39, 0.29) is 18.1 Å². The van der Waals surface area contributed by atoms with Crippen molar-refractivity contribution in [2.24, 2.45) is 0 Å². The summed E-state index contributed by atoms with van der Waals surface area (Å²) >= 11 is 0. The number of nitrogens with one attached hydrogen (secondary N) is 1. The summed E-state index contributed by atoms with van der Waals surface area (Å²) in [6, 6.07) is 5.21. The number of hydrogen-bond donors (Lipinski definition) is 1. The third-order valence-corrected chi connectivity index (χ3v) is 2.78. The molecule has 2 aromatic heterocycles. The van der Waals surface area contributed by atoms with Gasteiger partial charge >= 0.3 is 5.97 Å². The van der Waals surface area contributed by atoms with Gasteiger partial charge in [0.15, 0.2) is 11.5 Å². The fraction of sp³-hybridized carbons (Fsp3) is 0.417. The largest absolute Gasteiger partial charge is 0.468 e. The molecule has 0 saturated carbocycles. The first-order chi connectivity index (χ1) is 8.63. The van der Waals surface area contributed by atoms with Crippen LogP contribution in [0.4, 0.5) is 0 Å². The van der Waals surface area contributed by atoms with E-state index >= 15 is 0 Å². The molecule has 0 aromatic carbocycles. The number of nitrogens with zero attached hydrogens (tertiary/aromatic N) is 3. The lowest BCUT2D eigenvalue weighted by molar-refractivity contribution is -0.142. The Kier molecular flexibility index (Phi) is 3.57. The van der Waals surface area contributed by atoms with Crippen LogP contribution in [0.15, 0.2) is 24.4 Å². The van der Waals surface area contributed by atoms with Crippen molar-refractivity contribution in [2.75, 3.05) is 7.11 Å². The third kappa shape index (κ3) is 2.33. The van der Waals surface area contributed by atoms with Gasteiger partial charge in [-0.05, 0) is 26.0 Å². The van der Waals surface area contributed by atoms with Gasteiger partial charge in [-0.2, -0.15) is 0 Å². The number of hydrogen-bond acceptors (Lipinski definition) is 5. The molecule has 2 aromatic rings. The van der Waals surface area contributed by atoms with Gasteiger partial charge in [0.25, 0.3) is 0 Å². The predicted octanol–water partition coefficient (Wildman–Crippen LogP) is 0.941. The standard InChI is InChI=1S/C12H16N4O2/c1-8(13-9(2)12(17)18-3)11-15-14-10-6-4-5-7-16(10)11/h4-9,13H,1-3H3. The Balaban J connectivity index is 2.18. The van der Waals surface area contributed by atoms with Gasteiger partial charge in [-0.25, -0.2) is 0 Å². The molecule has 0 radical (unpaired) electrons. The van der Waals surface area contributed by atoms with Crippen molar-refractivity contribution in [3.8, 4) is 0 Å². The summed E-state index contributed by atoms with van der Waals surface area (Å²) in [5, 5.41) is 11.3. The van der Waals surface area contributed by atoms with Crippen molar-refractivity contribution in [2.45, 2.75) is 25.9 Å². The van der Waals surface area contributed by atoms with Crippen LogP contribution in [0.3, 0.4) is 0 Å². The molecule has 0 aliphatic heterocycles. The number of rotatable bonds is 4. The molecule has 2 rings (SSSR count). The molecular formula is C12H16N4O2. The Hall–Kier alpha value is -1.95. The van der Waals surface area contributed by atoms with E-state index in [4.69, 9.17) is 0 Å². The smallest absolute Gasteiger partial charge is 0.322 e. The summed E-state index contributed by atoms with van der Waals surface area (Å²) in [6.45, 7) is 3.69. The highest BCUT2D eigenvalue weighted by Gasteiger charge is 2.19. The minimum Gasteiger partial charge on any atom is -0.468 e. The summed E-state index contributed by atoms with van der Waals surface area (Å²) < 4.78 is 6.56. The van der Waals surface area contributed by atoms with E-state index in [0.29, 0.717) is 0 Å². The zero-order valence-corrected chi connectivity index (χ0v) is 10.6. The monoisotopic (exact) mass is 248 g/mol. The summed E-state index contributed by atoms with van der Waals surface area (Å²) in [6.07, 6.45) is 1.89. The van der Waals surface area contributed by atoms with E-state index in [1.165, 1.54) is 7.11 Å². The van der Waals surface area contributed by atoms with Gasteiger partial charge in [0.05, 0.1) is 13.2 Å². The molecule has 96 valence electrons. The van der Waals surface area contributed by atoms with Crippen LogP contribution in [0.5, 0.6) is 0 Å². The van der Waals surface area contributed by atoms with Gasteiger partial charge in [0, 0.05) is 6.20 Å². The average Bonchev–Trinajstić information content (AvgIpc) is 2.81. The van der Waals surface area contributed by atoms with Crippen LogP contribution in [-0.4, -0.2) is 33.7 Å². The summed E-state index contributed by atoms with van der Waals surface area (Å²) in [4.78, 5) is 11.4. The van der Waals surface area contributed by atoms with E-state index in [2.05, 4.69) is 20.3 Å². The Morgan fingerprint density at radius 2 is 2.17 bits per heavy atom. The summed E-state index contributed by atoms with van der Waals surface area (Å²) in [5.74, 6) is 0.469. The molecule has 0 saturated heterocycles. The second-order valence-electron chi connectivity index (χ2n) is 4.12. The van der Waals surface area contributed by atoms with Crippen molar-refractivity contribution >= 4 is 11.6 Å². The lowest BCUT2D eigenvalue weighted by atomic mass is 10.2. The van der Waals surface area contributed by atoms with Crippen molar-refractivity contribution < 1.29 is 9.53 Å². The Morgan fingerprint density at radius 1 is 1.39 bits per heavy atom. The van der Waals surface area contributed by atoms with E-state index in [0.717, 1.165) is 11.5 Å². The van der Waals surface area contributed by atoms with E-state index in [9.17, 15) is 4.79 Å². The van der Waals surface area contributed by atoms with Gasteiger partial charge in [0.2, 0.25) is 0 Å². The number of aromatic nitrogens is 3. The SMILES string of the molecule is COC(=O)C(C)NC(C)c1nnc2ccccn12. The summed E-state index contributed by atoms with van der Waals surface area (Å²) in [7, 11) is 1.37. The first kappa shape index (κ1) is 12.5. The van der Waals surface area contributed by atoms with Gasteiger partial charge in [-0.15, -0.1) is 10.2 Å². The average molecular weight is 248 g/mol. The molecule has 18 heavy (non-hydrogen) atoms. The van der Waals surface area contributed by atoms with Crippen molar-refractivity contribution in [3.63, 3.8) is 0 Å². The lowest BCUT2D eigenvalue weighted by Crippen LogP contribution is -2.37. The van der Waals surface area contributed by atoms with Crippen LogP contribution in [0.2, 0.25) is 0 Å². The maximum atomic E-state index is 11.4. The molecule has 2 atom stereocenters. The number of ether oxygens (including phenoxy) is 1. The highest BCUT2D eigenvalue weighted by atomic mass is 16.5. The topological polar surface area (TPSA) is 68.5 Å². The normalized spacial score (nSPS) is 14.4. The molecule has 0 aliphatic rings. The van der Waals surface area contributed by atoms with Crippen LogP contribution in [0.25, 0.3) is 5.65 Å². The lowest BCUT2D eigenvalue weighted by Gasteiger charge is -2.16. The molecule has 6 nitrogen and oxygen atoms in total. The van der Waals surface area contributed by atoms with Crippen molar-refractivity contribution in [1.82, 2.24) is 19.9 Å².